The van der Waals surface area contributed by atoms with E-state index in [1.165, 1.54) is 6.92 Å². The molecule has 8 heavy (non-hydrogen) atoms. The molecule has 0 aliphatic rings. The predicted octanol–water partition coefficient (Wildman–Crippen LogP) is 0.720. The minimum atomic E-state index is -0.161. The van der Waals surface area contributed by atoms with Crippen molar-refractivity contribution in [2.45, 2.75) is 16.4 Å². The van der Waals surface area contributed by atoms with Gasteiger partial charge in [0.1, 0.15) is 0 Å². The van der Waals surface area contributed by atoms with E-state index in [1.807, 2.05) is 0 Å². The summed E-state index contributed by atoms with van der Waals surface area (Å²) in [6.07, 6.45) is 0. The van der Waals surface area contributed by atoms with E-state index in [0.29, 0.717) is 6.61 Å². The molecule has 48 valence electrons. The summed E-state index contributed by atoms with van der Waals surface area (Å²) in [4.78, 5) is 12.3. The Bertz CT molecular complexity index is 72.8. The molecule has 3 heteroatoms. The van der Waals surface area contributed by atoms with Crippen LogP contribution in [0.15, 0.2) is 0 Å². The normalized spacial score (nSPS) is 8.75. The van der Waals surface area contributed by atoms with E-state index in [9.17, 15) is 4.79 Å². The second-order valence-electron chi connectivity index (χ2n) is 1.33. The number of carbonyl (C=O) groups excluding carboxylic acids is 1. The average molecular weight is 230 g/mol. The Morgan fingerprint density at radius 1 is 1.75 bits per heavy atom. The van der Waals surface area contributed by atoms with Crippen molar-refractivity contribution in [3.8, 4) is 0 Å². The SMILES string of the molecule is C[Te]CCOC(C)=O. The second kappa shape index (κ2) is 5.40. The average Bonchev–Trinajstić information content (AvgIpc) is 1.66. The molecule has 0 aromatic heterocycles. The van der Waals surface area contributed by atoms with Gasteiger partial charge in [-0.05, 0) is 0 Å². The van der Waals surface area contributed by atoms with Gasteiger partial charge < -0.3 is 0 Å². The van der Waals surface area contributed by atoms with Crippen molar-refractivity contribution < 1.29 is 9.53 Å². The Labute approximate surface area is 59.7 Å². The molecule has 0 radical (unpaired) electrons. The quantitative estimate of drug-likeness (QED) is 0.405. The third-order valence-corrected chi connectivity index (χ3v) is 2.23. The summed E-state index contributed by atoms with van der Waals surface area (Å²) in [5.41, 5.74) is 0. The second-order valence-corrected chi connectivity index (χ2v) is 4.15. The van der Waals surface area contributed by atoms with Gasteiger partial charge in [-0.1, -0.05) is 0 Å². The predicted molar refractivity (Wildman–Crippen MR) is 33.1 cm³/mol. The summed E-state index contributed by atoms with van der Waals surface area (Å²) in [5, 5.41) is 0. The summed E-state index contributed by atoms with van der Waals surface area (Å²) in [7, 11) is 0. The first-order chi connectivity index (χ1) is 3.77. The zero-order chi connectivity index (χ0) is 6.41. The van der Waals surface area contributed by atoms with Crippen LogP contribution in [0.2, 0.25) is 9.44 Å². The van der Waals surface area contributed by atoms with Crippen molar-refractivity contribution in [1.82, 2.24) is 0 Å². The molecule has 0 aromatic rings. The van der Waals surface area contributed by atoms with Crippen LogP contribution in [-0.4, -0.2) is 33.5 Å². The van der Waals surface area contributed by atoms with E-state index in [4.69, 9.17) is 0 Å². The van der Waals surface area contributed by atoms with Gasteiger partial charge in [0.2, 0.25) is 0 Å². The van der Waals surface area contributed by atoms with E-state index in [1.54, 1.807) is 0 Å². The van der Waals surface area contributed by atoms with Crippen molar-refractivity contribution in [3.63, 3.8) is 0 Å². The molecule has 0 bridgehead atoms. The van der Waals surface area contributed by atoms with Crippen LogP contribution in [0.3, 0.4) is 0 Å². The van der Waals surface area contributed by atoms with Gasteiger partial charge in [-0.15, -0.1) is 0 Å². The van der Waals surface area contributed by atoms with Crippen molar-refractivity contribution in [1.29, 1.82) is 0 Å². The Balaban J connectivity index is 2.82. The molecule has 0 aliphatic heterocycles. The van der Waals surface area contributed by atoms with Gasteiger partial charge >= 0.3 is 59.4 Å². The number of esters is 1. The third-order valence-electron chi connectivity index (χ3n) is 0.593. The van der Waals surface area contributed by atoms with Gasteiger partial charge in [0.25, 0.3) is 0 Å². The molecule has 0 atom stereocenters. The molecule has 0 unspecified atom stereocenters. The molecular formula is C5H10O2Te. The van der Waals surface area contributed by atoms with Gasteiger partial charge in [-0.3, -0.25) is 0 Å². The molecule has 0 amide bonds. The van der Waals surface area contributed by atoms with Gasteiger partial charge in [-0.25, -0.2) is 0 Å². The molecule has 0 aliphatic carbocycles. The fourth-order valence-corrected chi connectivity index (χ4v) is 0.982. The van der Waals surface area contributed by atoms with E-state index < -0.39 is 0 Å². The topological polar surface area (TPSA) is 26.3 Å². The molecule has 0 spiro atoms. The first kappa shape index (κ1) is 8.26. The first-order valence-electron chi connectivity index (χ1n) is 2.39. The molecule has 0 rings (SSSR count). The summed E-state index contributed by atoms with van der Waals surface area (Å²) in [6, 6.07) is 0. The van der Waals surface area contributed by atoms with Crippen LogP contribution in [-0.2, 0) is 9.53 Å². The van der Waals surface area contributed by atoms with Gasteiger partial charge in [0, 0.05) is 0 Å². The summed E-state index contributed by atoms with van der Waals surface area (Å²) in [5.74, 6) is -0.161. The number of ether oxygens (including phenoxy) is 1. The Morgan fingerprint density at radius 3 is 2.75 bits per heavy atom. The van der Waals surface area contributed by atoms with Gasteiger partial charge in [0.15, 0.2) is 0 Å². The Kier molecular flexibility index (Phi) is 5.57. The molecule has 0 saturated carbocycles. The first-order valence-corrected chi connectivity index (χ1v) is 6.37. The molecule has 0 heterocycles. The Hall–Kier alpha value is 0.260. The van der Waals surface area contributed by atoms with Crippen LogP contribution in [0.1, 0.15) is 6.92 Å². The maximum absolute atomic E-state index is 10.1. The van der Waals surface area contributed by atoms with Gasteiger partial charge in [-0.2, -0.15) is 0 Å². The van der Waals surface area contributed by atoms with Crippen LogP contribution in [0.5, 0.6) is 0 Å². The number of hydrogen-bond acceptors (Lipinski definition) is 2. The van der Waals surface area contributed by atoms with Crippen LogP contribution in [0.4, 0.5) is 0 Å². The monoisotopic (exact) mass is 232 g/mol. The van der Waals surface area contributed by atoms with Crippen LogP contribution in [0.25, 0.3) is 0 Å². The fourth-order valence-electron chi connectivity index (χ4n) is 0.269. The molecule has 2 nitrogen and oxygen atoms in total. The van der Waals surface area contributed by atoms with Crippen LogP contribution in [0, 0.1) is 0 Å². The van der Waals surface area contributed by atoms with Crippen molar-refractivity contribution in [2.24, 2.45) is 0 Å². The zero-order valence-electron chi connectivity index (χ0n) is 5.14. The van der Waals surface area contributed by atoms with E-state index in [2.05, 4.69) is 9.71 Å². The van der Waals surface area contributed by atoms with Crippen molar-refractivity contribution in [2.75, 3.05) is 6.61 Å². The number of rotatable bonds is 3. The van der Waals surface area contributed by atoms with Crippen molar-refractivity contribution >= 4 is 26.9 Å². The Morgan fingerprint density at radius 2 is 2.38 bits per heavy atom. The fraction of sp³-hybridized carbons (Fsp3) is 0.800. The van der Waals surface area contributed by atoms with Crippen LogP contribution < -0.4 is 0 Å². The van der Waals surface area contributed by atoms with E-state index in [0.717, 1.165) is 4.47 Å². The summed E-state index contributed by atoms with van der Waals surface area (Å²) < 4.78 is 5.78. The molecule has 0 saturated heterocycles. The molecule has 0 aromatic carbocycles. The summed E-state index contributed by atoms with van der Waals surface area (Å²) >= 11 is 0.157. The van der Waals surface area contributed by atoms with E-state index >= 15 is 0 Å². The van der Waals surface area contributed by atoms with Crippen molar-refractivity contribution in [3.05, 3.63) is 0 Å². The third kappa shape index (κ3) is 6.26. The van der Waals surface area contributed by atoms with Crippen LogP contribution >= 0.6 is 0 Å². The zero-order valence-corrected chi connectivity index (χ0v) is 7.47. The number of carbonyl (C=O) groups is 1. The molecule has 0 N–H and O–H groups in total. The summed E-state index contributed by atoms with van der Waals surface area (Å²) in [6.45, 7) is 2.07. The van der Waals surface area contributed by atoms with Gasteiger partial charge in [0.05, 0.1) is 0 Å². The standard InChI is InChI=1S/C5H10O2Te/c1-5(6)7-3-4-8-2/h3-4H2,1-2H3. The maximum atomic E-state index is 10.1. The molecular weight excluding hydrogens is 220 g/mol. The van der Waals surface area contributed by atoms with E-state index in [-0.39, 0.29) is 26.9 Å². The molecule has 0 fully saturated rings. The number of hydrogen-bond donors (Lipinski definition) is 0. The minimum absolute atomic E-state index is 0.157.